The molecule has 106 valence electrons. The van der Waals surface area contributed by atoms with Crippen LogP contribution in [0.25, 0.3) is 0 Å². The van der Waals surface area contributed by atoms with Gasteiger partial charge in [0.05, 0.1) is 10.7 Å². The van der Waals surface area contributed by atoms with Crippen LogP contribution in [0.2, 0.25) is 0 Å². The standard InChI is InChI=1S/C14H17N3OS2/c1-14(2,3)10-8-20-13(16-10)17-12(18)9-5-6-15-11(7-9)19-4/h5-8H,1-4H3,(H,16,17,18). The number of thiazole rings is 1. The summed E-state index contributed by atoms with van der Waals surface area (Å²) in [5.74, 6) is -0.155. The van der Waals surface area contributed by atoms with Crippen LogP contribution in [0.15, 0.2) is 28.7 Å². The van der Waals surface area contributed by atoms with Crippen LogP contribution in [0.1, 0.15) is 36.8 Å². The van der Waals surface area contributed by atoms with Crippen LogP contribution < -0.4 is 5.32 Å². The molecule has 0 aromatic carbocycles. The van der Waals surface area contributed by atoms with Crippen molar-refractivity contribution >= 4 is 34.1 Å². The van der Waals surface area contributed by atoms with Gasteiger partial charge in [0.1, 0.15) is 0 Å². The number of amides is 1. The van der Waals surface area contributed by atoms with Gasteiger partial charge in [0, 0.05) is 22.6 Å². The Morgan fingerprint density at radius 1 is 1.40 bits per heavy atom. The first-order valence-corrected chi connectivity index (χ1v) is 8.28. The molecule has 0 atom stereocenters. The van der Waals surface area contributed by atoms with Crippen LogP contribution in [0.5, 0.6) is 0 Å². The van der Waals surface area contributed by atoms with Crippen LogP contribution in [0, 0.1) is 0 Å². The molecule has 0 saturated heterocycles. The molecule has 6 heteroatoms. The van der Waals surface area contributed by atoms with E-state index in [0.29, 0.717) is 10.7 Å². The molecule has 0 aliphatic carbocycles. The zero-order chi connectivity index (χ0) is 14.8. The van der Waals surface area contributed by atoms with Gasteiger partial charge in [-0.15, -0.1) is 23.1 Å². The molecule has 2 aromatic rings. The monoisotopic (exact) mass is 307 g/mol. The topological polar surface area (TPSA) is 54.9 Å². The summed E-state index contributed by atoms with van der Waals surface area (Å²) in [5.41, 5.74) is 1.57. The van der Waals surface area contributed by atoms with Gasteiger partial charge in [-0.2, -0.15) is 0 Å². The number of anilines is 1. The Labute approximate surface area is 127 Å². The smallest absolute Gasteiger partial charge is 0.257 e. The molecule has 4 nitrogen and oxygen atoms in total. The summed E-state index contributed by atoms with van der Waals surface area (Å²) < 4.78 is 0. The van der Waals surface area contributed by atoms with E-state index in [0.717, 1.165) is 10.7 Å². The van der Waals surface area contributed by atoms with Crippen molar-refractivity contribution in [2.75, 3.05) is 11.6 Å². The molecule has 1 amide bonds. The van der Waals surface area contributed by atoms with Gasteiger partial charge in [0.2, 0.25) is 0 Å². The van der Waals surface area contributed by atoms with Gasteiger partial charge in [0.15, 0.2) is 5.13 Å². The first kappa shape index (κ1) is 15.0. The fourth-order valence-corrected chi connectivity index (χ4v) is 2.85. The van der Waals surface area contributed by atoms with Crippen molar-refractivity contribution < 1.29 is 4.79 Å². The number of hydrogen-bond donors (Lipinski definition) is 1. The summed E-state index contributed by atoms with van der Waals surface area (Å²) in [6.07, 6.45) is 3.57. The summed E-state index contributed by atoms with van der Waals surface area (Å²) in [6.45, 7) is 6.30. The number of nitrogens with zero attached hydrogens (tertiary/aromatic N) is 2. The molecular weight excluding hydrogens is 290 g/mol. The highest BCUT2D eigenvalue weighted by Crippen LogP contribution is 2.26. The first-order valence-electron chi connectivity index (χ1n) is 6.17. The van der Waals surface area contributed by atoms with E-state index in [1.807, 2.05) is 11.6 Å². The van der Waals surface area contributed by atoms with Crippen molar-refractivity contribution in [2.45, 2.75) is 31.2 Å². The predicted octanol–water partition coefficient (Wildman–Crippen LogP) is 3.81. The second-order valence-corrected chi connectivity index (χ2v) is 7.01. The van der Waals surface area contributed by atoms with Crippen LogP contribution >= 0.6 is 23.1 Å². The van der Waals surface area contributed by atoms with E-state index >= 15 is 0 Å². The highest BCUT2D eigenvalue weighted by atomic mass is 32.2. The van der Waals surface area contributed by atoms with Crippen molar-refractivity contribution in [2.24, 2.45) is 0 Å². The molecule has 0 saturated carbocycles. The van der Waals surface area contributed by atoms with Gasteiger partial charge in [0.25, 0.3) is 5.91 Å². The van der Waals surface area contributed by atoms with Crippen molar-refractivity contribution in [1.29, 1.82) is 0 Å². The fourth-order valence-electron chi connectivity index (χ4n) is 1.51. The molecule has 0 radical (unpaired) electrons. The molecule has 0 bridgehead atoms. The largest absolute Gasteiger partial charge is 0.298 e. The Bertz CT molecular complexity index is 617. The van der Waals surface area contributed by atoms with E-state index in [9.17, 15) is 4.79 Å². The lowest BCUT2D eigenvalue weighted by molar-refractivity contribution is 0.102. The summed E-state index contributed by atoms with van der Waals surface area (Å²) >= 11 is 2.96. The number of carbonyl (C=O) groups excluding carboxylic acids is 1. The predicted molar refractivity (Wildman–Crippen MR) is 84.8 cm³/mol. The Morgan fingerprint density at radius 2 is 2.15 bits per heavy atom. The second kappa shape index (κ2) is 5.93. The average molecular weight is 307 g/mol. The maximum Gasteiger partial charge on any atom is 0.257 e. The molecule has 2 aromatic heterocycles. The highest BCUT2D eigenvalue weighted by Gasteiger charge is 2.18. The minimum absolute atomic E-state index is 0.0117. The molecule has 2 rings (SSSR count). The van der Waals surface area contributed by atoms with Gasteiger partial charge in [-0.1, -0.05) is 20.8 Å². The molecule has 2 heterocycles. The first-order chi connectivity index (χ1) is 9.40. The molecule has 0 aliphatic rings. The maximum absolute atomic E-state index is 12.2. The number of hydrogen-bond acceptors (Lipinski definition) is 5. The fraction of sp³-hybridized carbons (Fsp3) is 0.357. The normalized spacial score (nSPS) is 11.4. The SMILES string of the molecule is CSc1cc(C(=O)Nc2nc(C(C)(C)C)cs2)ccn1. The second-order valence-electron chi connectivity index (χ2n) is 5.33. The van der Waals surface area contributed by atoms with Gasteiger partial charge in [-0.3, -0.25) is 10.1 Å². The van der Waals surface area contributed by atoms with Crippen LogP contribution in [0.3, 0.4) is 0 Å². The van der Waals surface area contributed by atoms with Gasteiger partial charge in [-0.05, 0) is 18.4 Å². The molecule has 1 N–H and O–H groups in total. The van der Waals surface area contributed by atoms with Crippen molar-refractivity contribution in [3.63, 3.8) is 0 Å². The minimum Gasteiger partial charge on any atom is -0.298 e. The molecule has 0 unspecified atom stereocenters. The number of carbonyl (C=O) groups is 1. The molecule has 0 aliphatic heterocycles. The quantitative estimate of drug-likeness (QED) is 0.876. The van der Waals surface area contributed by atoms with Crippen molar-refractivity contribution in [3.05, 3.63) is 35.0 Å². The lowest BCUT2D eigenvalue weighted by atomic mass is 9.93. The Morgan fingerprint density at radius 3 is 2.75 bits per heavy atom. The third-order valence-electron chi connectivity index (χ3n) is 2.70. The van der Waals surface area contributed by atoms with Gasteiger partial charge < -0.3 is 0 Å². The van der Waals surface area contributed by atoms with E-state index in [4.69, 9.17) is 0 Å². The zero-order valence-corrected chi connectivity index (χ0v) is 13.6. The van der Waals surface area contributed by atoms with Gasteiger partial charge in [-0.25, -0.2) is 9.97 Å². The molecule has 20 heavy (non-hydrogen) atoms. The highest BCUT2D eigenvalue weighted by molar-refractivity contribution is 7.98. The number of pyridine rings is 1. The van der Waals surface area contributed by atoms with E-state index in [1.165, 1.54) is 23.1 Å². The van der Waals surface area contributed by atoms with Crippen LogP contribution in [-0.2, 0) is 5.41 Å². The minimum atomic E-state index is -0.155. The van der Waals surface area contributed by atoms with E-state index in [2.05, 4.69) is 36.1 Å². The number of thioether (sulfide) groups is 1. The third kappa shape index (κ3) is 3.58. The Kier molecular flexibility index (Phi) is 4.45. The molecular formula is C14H17N3OS2. The third-order valence-corrected chi connectivity index (χ3v) is 4.10. The van der Waals surface area contributed by atoms with Crippen molar-refractivity contribution in [1.82, 2.24) is 9.97 Å². The summed E-state index contributed by atoms with van der Waals surface area (Å²) in [4.78, 5) is 20.8. The maximum atomic E-state index is 12.2. The van der Waals surface area contributed by atoms with E-state index in [1.54, 1.807) is 18.3 Å². The van der Waals surface area contributed by atoms with E-state index < -0.39 is 0 Å². The van der Waals surface area contributed by atoms with E-state index in [-0.39, 0.29) is 11.3 Å². The zero-order valence-electron chi connectivity index (χ0n) is 11.9. The Hall–Kier alpha value is -1.40. The summed E-state index contributed by atoms with van der Waals surface area (Å²) in [6, 6.07) is 3.48. The van der Waals surface area contributed by atoms with Gasteiger partial charge >= 0.3 is 0 Å². The average Bonchev–Trinajstić information content (AvgIpc) is 2.87. The lowest BCUT2D eigenvalue weighted by Gasteiger charge is -2.14. The molecule has 0 fully saturated rings. The summed E-state index contributed by atoms with van der Waals surface area (Å²) in [5, 5.41) is 6.27. The number of aromatic nitrogens is 2. The lowest BCUT2D eigenvalue weighted by Crippen LogP contribution is -2.14. The summed E-state index contributed by atoms with van der Waals surface area (Å²) in [7, 11) is 0. The number of rotatable bonds is 3. The Balaban J connectivity index is 2.13. The van der Waals surface area contributed by atoms with Crippen LogP contribution in [-0.4, -0.2) is 22.1 Å². The number of nitrogens with one attached hydrogen (secondary N) is 1. The molecule has 0 spiro atoms. The van der Waals surface area contributed by atoms with Crippen LogP contribution in [0.4, 0.5) is 5.13 Å². The van der Waals surface area contributed by atoms with Crippen molar-refractivity contribution in [3.8, 4) is 0 Å².